The molecular formula is C33H39N3O3+2. The Balaban J connectivity index is 1.10. The molecule has 202 valence electrons. The zero-order valence-corrected chi connectivity index (χ0v) is 22.8. The number of aromatic nitrogens is 1. The third-order valence-electron chi connectivity index (χ3n) is 8.73. The minimum Gasteiger partial charge on any atom is -0.493 e. The van der Waals surface area contributed by atoms with E-state index in [4.69, 9.17) is 15.2 Å². The molecule has 6 rings (SSSR count). The first-order chi connectivity index (χ1) is 19.1. The Morgan fingerprint density at radius 3 is 2.72 bits per heavy atom. The van der Waals surface area contributed by atoms with E-state index >= 15 is 0 Å². The van der Waals surface area contributed by atoms with E-state index in [1.165, 1.54) is 44.3 Å². The molecule has 3 N–H and O–H groups in total. The Kier molecular flexibility index (Phi) is 7.38. The summed E-state index contributed by atoms with van der Waals surface area (Å²) in [6, 6.07) is 13.8. The molecule has 0 saturated carbocycles. The zero-order valence-electron chi connectivity index (χ0n) is 22.8. The maximum absolute atomic E-state index is 13.4. The molecule has 1 saturated heterocycles. The smallest absolute Gasteiger partial charge is 0.292 e. The van der Waals surface area contributed by atoms with Crippen LogP contribution in [0, 0.1) is 11.8 Å². The summed E-state index contributed by atoms with van der Waals surface area (Å²) in [6.07, 6.45) is 15.5. The van der Waals surface area contributed by atoms with Crippen molar-refractivity contribution >= 4 is 22.4 Å². The highest BCUT2D eigenvalue weighted by Crippen LogP contribution is 2.39. The van der Waals surface area contributed by atoms with Crippen LogP contribution < -0.4 is 24.7 Å². The highest BCUT2D eigenvalue weighted by atomic mass is 16.5. The molecule has 1 aromatic heterocycles. The van der Waals surface area contributed by atoms with Gasteiger partial charge in [-0.25, -0.2) is 0 Å². The number of ketones is 1. The van der Waals surface area contributed by atoms with Gasteiger partial charge in [0, 0.05) is 28.5 Å². The number of methoxy groups -OCH3 is 1. The van der Waals surface area contributed by atoms with E-state index in [9.17, 15) is 4.79 Å². The van der Waals surface area contributed by atoms with E-state index in [1.807, 2.05) is 53.2 Å². The van der Waals surface area contributed by atoms with Crippen LogP contribution in [0.5, 0.6) is 11.5 Å². The number of fused-ring (bicyclic) bond motifs is 2. The first-order valence-electron chi connectivity index (χ1n) is 14.3. The predicted molar refractivity (Wildman–Crippen MR) is 153 cm³/mol. The van der Waals surface area contributed by atoms with Crippen LogP contribution >= 0.6 is 0 Å². The number of carbonyl (C=O) groups is 1. The second kappa shape index (κ2) is 11.2. The van der Waals surface area contributed by atoms with Gasteiger partial charge in [-0.1, -0.05) is 24.3 Å². The molecule has 1 fully saturated rings. The van der Waals surface area contributed by atoms with Gasteiger partial charge >= 0.3 is 0 Å². The molecule has 3 aliphatic rings. The topological polar surface area (TPSA) is 69.9 Å². The number of nitrogen functional groups attached to an aromatic ring is 1. The summed E-state index contributed by atoms with van der Waals surface area (Å²) in [7, 11) is 1.63. The number of benzene rings is 2. The third kappa shape index (κ3) is 5.44. The van der Waals surface area contributed by atoms with Gasteiger partial charge in [0.1, 0.15) is 12.2 Å². The molecule has 6 nitrogen and oxygen atoms in total. The van der Waals surface area contributed by atoms with Crippen LogP contribution in [-0.4, -0.2) is 32.5 Å². The van der Waals surface area contributed by atoms with E-state index in [0.29, 0.717) is 29.8 Å². The summed E-state index contributed by atoms with van der Waals surface area (Å²) in [4.78, 5) is 15.1. The fraction of sp³-hybridized carbons (Fsp3) is 0.394. The summed E-state index contributed by atoms with van der Waals surface area (Å²) in [5, 5.41) is 1.06. The molecule has 1 aliphatic heterocycles. The van der Waals surface area contributed by atoms with Gasteiger partial charge in [-0.05, 0) is 80.3 Å². The molecule has 1 atom stereocenters. The largest absolute Gasteiger partial charge is 0.493 e. The number of piperidine rings is 1. The SMILES string of the molecule is COc1cc2c(cc1OC[n+]1cccc3cccc(N)c31)CC(CC1CC[NH+](CC3=CCCC=C3)CC1)C2=O. The summed E-state index contributed by atoms with van der Waals surface area (Å²) >= 11 is 0. The van der Waals surface area contributed by atoms with Crippen molar-refractivity contribution in [3.05, 3.63) is 83.6 Å². The average Bonchev–Trinajstić information content (AvgIpc) is 3.26. The first kappa shape index (κ1) is 25.6. The van der Waals surface area contributed by atoms with Gasteiger partial charge in [0.15, 0.2) is 23.5 Å². The quantitative estimate of drug-likeness (QED) is 0.344. The number of quaternary nitrogens is 1. The Bertz CT molecular complexity index is 1430. The normalized spacial score (nSPS) is 22.5. The highest BCUT2D eigenvalue weighted by Gasteiger charge is 2.35. The number of nitrogens with two attached hydrogens (primary N) is 1. The fourth-order valence-corrected chi connectivity index (χ4v) is 6.65. The van der Waals surface area contributed by atoms with Crippen molar-refractivity contribution < 1.29 is 23.7 Å². The fourth-order valence-electron chi connectivity index (χ4n) is 6.65. The minimum atomic E-state index is 0.0581. The molecule has 0 bridgehead atoms. The van der Waals surface area contributed by atoms with E-state index in [1.54, 1.807) is 12.0 Å². The van der Waals surface area contributed by atoms with E-state index in [-0.39, 0.29) is 11.7 Å². The number of hydrogen-bond donors (Lipinski definition) is 2. The molecule has 3 aromatic rings. The van der Waals surface area contributed by atoms with Crippen molar-refractivity contribution in [2.45, 2.75) is 45.3 Å². The number of likely N-dealkylation sites (tertiary alicyclic amines) is 1. The molecule has 2 heterocycles. The molecular weight excluding hydrogens is 486 g/mol. The predicted octanol–water partition coefficient (Wildman–Crippen LogP) is 4.07. The lowest BCUT2D eigenvalue weighted by atomic mass is 9.85. The number of carbonyl (C=O) groups excluding carboxylic acids is 1. The number of nitrogens with zero attached hydrogens (tertiary/aromatic N) is 1. The van der Waals surface area contributed by atoms with Crippen LogP contribution in [0.2, 0.25) is 0 Å². The number of nitrogens with one attached hydrogen (secondary N) is 1. The maximum atomic E-state index is 13.4. The van der Waals surface area contributed by atoms with Crippen molar-refractivity contribution in [3.63, 3.8) is 0 Å². The number of rotatable bonds is 8. The second-order valence-corrected chi connectivity index (χ2v) is 11.3. The van der Waals surface area contributed by atoms with Crippen LogP contribution in [0.4, 0.5) is 5.69 Å². The molecule has 2 aliphatic carbocycles. The Morgan fingerprint density at radius 1 is 1.08 bits per heavy atom. The van der Waals surface area contributed by atoms with Crippen LogP contribution in [0.3, 0.4) is 0 Å². The van der Waals surface area contributed by atoms with E-state index in [2.05, 4.69) is 18.2 Å². The molecule has 39 heavy (non-hydrogen) atoms. The second-order valence-electron chi connectivity index (χ2n) is 11.3. The number of allylic oxidation sites excluding steroid dienone is 2. The Labute approximate surface area is 230 Å². The van der Waals surface area contributed by atoms with Gasteiger partial charge in [0.25, 0.3) is 6.73 Å². The minimum absolute atomic E-state index is 0.0581. The van der Waals surface area contributed by atoms with Crippen LogP contribution in [0.25, 0.3) is 10.9 Å². The number of hydrogen-bond acceptors (Lipinski definition) is 4. The van der Waals surface area contributed by atoms with E-state index < -0.39 is 0 Å². The van der Waals surface area contributed by atoms with Gasteiger partial charge in [-0.15, -0.1) is 0 Å². The molecule has 0 spiro atoms. The van der Waals surface area contributed by atoms with Crippen LogP contribution in [-0.2, 0) is 13.2 Å². The van der Waals surface area contributed by atoms with Gasteiger partial charge < -0.3 is 20.1 Å². The average molecular weight is 526 g/mol. The lowest BCUT2D eigenvalue weighted by Crippen LogP contribution is -3.13. The molecule has 2 aromatic carbocycles. The van der Waals surface area contributed by atoms with Crippen molar-refractivity contribution in [1.82, 2.24) is 0 Å². The number of Topliss-reactive ketones (excluding diaryl/α,β-unsaturated/α-hetero) is 1. The van der Waals surface area contributed by atoms with Crippen molar-refractivity contribution in [2.75, 3.05) is 32.5 Å². The van der Waals surface area contributed by atoms with Gasteiger partial charge in [-0.3, -0.25) is 4.79 Å². The summed E-state index contributed by atoms with van der Waals surface area (Å²) in [5.74, 6) is 2.20. The number of pyridine rings is 1. The Morgan fingerprint density at radius 2 is 1.92 bits per heavy atom. The summed E-state index contributed by atoms with van der Waals surface area (Å²) in [5.41, 5.74) is 11.3. The lowest BCUT2D eigenvalue weighted by molar-refractivity contribution is -0.901. The summed E-state index contributed by atoms with van der Waals surface area (Å²) < 4.78 is 13.9. The molecule has 0 radical (unpaired) electrons. The van der Waals surface area contributed by atoms with Crippen molar-refractivity contribution in [3.8, 4) is 11.5 Å². The van der Waals surface area contributed by atoms with E-state index in [0.717, 1.165) is 41.4 Å². The van der Waals surface area contributed by atoms with Gasteiger partial charge in [-0.2, -0.15) is 4.57 Å². The standard InChI is InChI=1S/C33H38N3O3/c1-38-30-20-28-26(19-31(30)39-22-36-14-6-10-25-9-5-11-29(34)32(25)36)18-27(33(28)37)17-23-12-15-35(16-13-23)21-24-7-3-2-4-8-24/h3,5-11,14,19-20,23,27H,2,4,12-13,15-18,21-22,34H2,1H3/q+1/p+1. The number of anilines is 1. The van der Waals surface area contributed by atoms with Crippen molar-refractivity contribution in [2.24, 2.45) is 11.8 Å². The molecule has 1 unspecified atom stereocenters. The first-order valence-corrected chi connectivity index (χ1v) is 14.3. The van der Waals surface area contributed by atoms with Crippen molar-refractivity contribution in [1.29, 1.82) is 0 Å². The number of para-hydroxylation sites is 1. The van der Waals surface area contributed by atoms with Gasteiger partial charge in [0.2, 0.25) is 5.52 Å². The molecule has 0 amide bonds. The van der Waals surface area contributed by atoms with Crippen LogP contribution in [0.1, 0.15) is 48.0 Å². The molecule has 6 heteroatoms. The summed E-state index contributed by atoms with van der Waals surface area (Å²) in [6.45, 7) is 3.84. The van der Waals surface area contributed by atoms with Crippen LogP contribution in [0.15, 0.2) is 72.5 Å². The monoisotopic (exact) mass is 525 g/mol. The third-order valence-corrected chi connectivity index (χ3v) is 8.73. The number of ether oxygens (including phenoxy) is 2. The maximum Gasteiger partial charge on any atom is 0.292 e. The Hall–Kier alpha value is -3.64. The highest BCUT2D eigenvalue weighted by molar-refractivity contribution is 6.03. The zero-order chi connectivity index (χ0) is 26.8. The lowest BCUT2D eigenvalue weighted by Gasteiger charge is -2.30. The van der Waals surface area contributed by atoms with Gasteiger partial charge in [0.05, 0.1) is 20.2 Å².